The molecule has 0 aromatic heterocycles. The van der Waals surface area contributed by atoms with E-state index in [0.717, 1.165) is 10.5 Å². The predicted molar refractivity (Wildman–Crippen MR) is 84.5 cm³/mol. The van der Waals surface area contributed by atoms with E-state index in [-0.39, 0.29) is 17.8 Å². The zero-order valence-electron chi connectivity index (χ0n) is 11.7. The molecular weight excluding hydrogens is 287 g/mol. The number of amides is 1. The molecule has 2 rings (SSSR count). The van der Waals surface area contributed by atoms with E-state index < -0.39 is 0 Å². The Balaban J connectivity index is 1.87. The highest BCUT2D eigenvalue weighted by atomic mass is 32.2. The van der Waals surface area contributed by atoms with Gasteiger partial charge < -0.3 is 11.1 Å². The minimum absolute atomic E-state index is 0.0833. The summed E-state index contributed by atoms with van der Waals surface area (Å²) in [5, 5.41) is 2.88. The molecule has 1 amide bonds. The Morgan fingerprint density at radius 1 is 1.24 bits per heavy atom. The summed E-state index contributed by atoms with van der Waals surface area (Å²) in [6, 6.07) is 13.4. The summed E-state index contributed by atoms with van der Waals surface area (Å²) in [5.41, 5.74) is 7.36. The third-order valence-electron chi connectivity index (χ3n) is 3.03. The van der Waals surface area contributed by atoms with Crippen LogP contribution in [0.15, 0.2) is 53.4 Å². The fourth-order valence-corrected chi connectivity index (χ4v) is 2.65. The Kier molecular flexibility index (Phi) is 5.22. The normalized spacial score (nSPS) is 11.9. The number of nitrogens with two attached hydrogens (primary N) is 1. The van der Waals surface area contributed by atoms with Crippen molar-refractivity contribution in [3.8, 4) is 0 Å². The van der Waals surface area contributed by atoms with Crippen LogP contribution in [0.3, 0.4) is 0 Å². The maximum Gasteiger partial charge on any atom is 0.230 e. The summed E-state index contributed by atoms with van der Waals surface area (Å²) in [6.45, 7) is 1.87. The molecular formula is C16H17FN2OS. The molecule has 2 aromatic carbocycles. The molecule has 1 unspecified atom stereocenters. The van der Waals surface area contributed by atoms with E-state index in [1.807, 2.05) is 25.1 Å². The minimum atomic E-state index is -0.285. The van der Waals surface area contributed by atoms with Crippen molar-refractivity contribution in [2.45, 2.75) is 17.9 Å². The monoisotopic (exact) mass is 304 g/mol. The number of para-hydroxylation sites is 1. The standard InChI is InChI=1S/C16H17FN2OS/c1-11(12-6-8-13(17)9-7-12)19-16(20)10-21-15-5-3-2-4-14(15)18/h2-9,11H,10,18H2,1H3,(H,19,20). The third kappa shape index (κ3) is 4.49. The number of rotatable bonds is 5. The van der Waals surface area contributed by atoms with E-state index in [2.05, 4.69) is 5.32 Å². The van der Waals surface area contributed by atoms with Gasteiger partial charge in [-0.25, -0.2) is 4.39 Å². The number of carbonyl (C=O) groups excluding carboxylic acids is 1. The Morgan fingerprint density at radius 2 is 1.90 bits per heavy atom. The molecule has 1 atom stereocenters. The Hall–Kier alpha value is -2.01. The number of hydrogen-bond donors (Lipinski definition) is 2. The van der Waals surface area contributed by atoms with Gasteiger partial charge >= 0.3 is 0 Å². The van der Waals surface area contributed by atoms with Crippen LogP contribution < -0.4 is 11.1 Å². The first-order valence-corrected chi connectivity index (χ1v) is 7.57. The van der Waals surface area contributed by atoms with Gasteiger partial charge in [0.05, 0.1) is 11.8 Å². The summed E-state index contributed by atoms with van der Waals surface area (Å²) in [4.78, 5) is 12.8. The molecule has 21 heavy (non-hydrogen) atoms. The van der Waals surface area contributed by atoms with Crippen LogP contribution in [0.4, 0.5) is 10.1 Å². The van der Waals surface area contributed by atoms with Gasteiger partial charge in [-0.1, -0.05) is 24.3 Å². The number of nitrogen functional groups attached to an aromatic ring is 1. The topological polar surface area (TPSA) is 55.1 Å². The van der Waals surface area contributed by atoms with Gasteiger partial charge in [-0.2, -0.15) is 0 Å². The van der Waals surface area contributed by atoms with Gasteiger partial charge in [-0.15, -0.1) is 11.8 Å². The number of halogens is 1. The molecule has 0 aliphatic rings. The van der Waals surface area contributed by atoms with Crippen molar-refractivity contribution >= 4 is 23.4 Å². The summed E-state index contributed by atoms with van der Waals surface area (Å²) >= 11 is 1.40. The van der Waals surface area contributed by atoms with Crippen LogP contribution in [0.1, 0.15) is 18.5 Å². The highest BCUT2D eigenvalue weighted by Crippen LogP contribution is 2.24. The molecule has 0 radical (unpaired) electrons. The second kappa shape index (κ2) is 7.13. The van der Waals surface area contributed by atoms with Crippen molar-refractivity contribution in [2.24, 2.45) is 0 Å². The number of hydrogen-bond acceptors (Lipinski definition) is 3. The SMILES string of the molecule is CC(NC(=O)CSc1ccccc1N)c1ccc(F)cc1. The van der Waals surface area contributed by atoms with Crippen LogP contribution in [0, 0.1) is 5.82 Å². The highest BCUT2D eigenvalue weighted by Gasteiger charge is 2.10. The van der Waals surface area contributed by atoms with Gasteiger partial charge in [0, 0.05) is 10.6 Å². The van der Waals surface area contributed by atoms with E-state index in [1.165, 1.54) is 23.9 Å². The van der Waals surface area contributed by atoms with Crippen LogP contribution in [0.2, 0.25) is 0 Å². The molecule has 0 aliphatic heterocycles. The van der Waals surface area contributed by atoms with E-state index in [0.29, 0.717) is 11.4 Å². The quantitative estimate of drug-likeness (QED) is 0.658. The number of nitrogens with one attached hydrogen (secondary N) is 1. The lowest BCUT2D eigenvalue weighted by Crippen LogP contribution is -2.28. The summed E-state index contributed by atoms with van der Waals surface area (Å²) in [5.74, 6) is -0.0767. The second-order valence-electron chi connectivity index (χ2n) is 4.67. The van der Waals surface area contributed by atoms with Crippen LogP contribution in [-0.4, -0.2) is 11.7 Å². The molecule has 0 fully saturated rings. The first kappa shape index (κ1) is 15.4. The minimum Gasteiger partial charge on any atom is -0.398 e. The predicted octanol–water partition coefficient (Wildman–Crippen LogP) is 3.38. The summed E-state index contributed by atoms with van der Waals surface area (Å²) in [6.07, 6.45) is 0. The van der Waals surface area contributed by atoms with E-state index >= 15 is 0 Å². The lowest BCUT2D eigenvalue weighted by Gasteiger charge is -2.14. The van der Waals surface area contributed by atoms with Gasteiger partial charge in [0.25, 0.3) is 0 Å². The van der Waals surface area contributed by atoms with Crippen molar-refractivity contribution in [1.82, 2.24) is 5.32 Å². The first-order valence-electron chi connectivity index (χ1n) is 6.58. The lowest BCUT2D eigenvalue weighted by molar-refractivity contribution is -0.119. The maximum absolute atomic E-state index is 12.9. The maximum atomic E-state index is 12.9. The highest BCUT2D eigenvalue weighted by molar-refractivity contribution is 8.00. The van der Waals surface area contributed by atoms with Crippen LogP contribution >= 0.6 is 11.8 Å². The number of anilines is 1. The van der Waals surface area contributed by atoms with Gasteiger partial charge in [0.15, 0.2) is 0 Å². The molecule has 0 bridgehead atoms. The molecule has 0 saturated carbocycles. The first-order chi connectivity index (χ1) is 10.1. The van der Waals surface area contributed by atoms with Crippen LogP contribution in [0.25, 0.3) is 0 Å². The second-order valence-corrected chi connectivity index (χ2v) is 5.68. The van der Waals surface area contributed by atoms with E-state index in [1.54, 1.807) is 18.2 Å². The zero-order chi connectivity index (χ0) is 15.2. The summed E-state index contributed by atoms with van der Waals surface area (Å²) in [7, 11) is 0. The fraction of sp³-hybridized carbons (Fsp3) is 0.188. The van der Waals surface area contributed by atoms with Crippen molar-refractivity contribution in [3.63, 3.8) is 0 Å². The Bertz CT molecular complexity index is 616. The van der Waals surface area contributed by atoms with Crippen molar-refractivity contribution < 1.29 is 9.18 Å². The van der Waals surface area contributed by atoms with Gasteiger partial charge in [-0.05, 0) is 36.8 Å². The molecule has 3 nitrogen and oxygen atoms in total. The lowest BCUT2D eigenvalue weighted by atomic mass is 10.1. The average Bonchev–Trinajstić information content (AvgIpc) is 2.47. The zero-order valence-corrected chi connectivity index (χ0v) is 12.5. The van der Waals surface area contributed by atoms with Gasteiger partial charge in [0.2, 0.25) is 5.91 Å². The molecule has 5 heteroatoms. The van der Waals surface area contributed by atoms with Crippen LogP contribution in [0.5, 0.6) is 0 Å². The number of carbonyl (C=O) groups is 1. The van der Waals surface area contributed by atoms with Crippen molar-refractivity contribution in [3.05, 3.63) is 59.9 Å². The van der Waals surface area contributed by atoms with E-state index in [4.69, 9.17) is 5.73 Å². The molecule has 2 aromatic rings. The molecule has 0 aliphatic carbocycles. The summed E-state index contributed by atoms with van der Waals surface area (Å²) < 4.78 is 12.9. The molecule has 3 N–H and O–H groups in total. The molecule has 110 valence electrons. The van der Waals surface area contributed by atoms with Crippen molar-refractivity contribution in [2.75, 3.05) is 11.5 Å². The van der Waals surface area contributed by atoms with Crippen molar-refractivity contribution in [1.29, 1.82) is 0 Å². The van der Waals surface area contributed by atoms with Gasteiger partial charge in [-0.3, -0.25) is 4.79 Å². The Morgan fingerprint density at radius 3 is 2.57 bits per heavy atom. The smallest absolute Gasteiger partial charge is 0.230 e. The Labute approximate surface area is 127 Å². The number of thioether (sulfide) groups is 1. The van der Waals surface area contributed by atoms with Crippen LogP contribution in [-0.2, 0) is 4.79 Å². The largest absolute Gasteiger partial charge is 0.398 e. The molecule has 0 saturated heterocycles. The third-order valence-corrected chi connectivity index (χ3v) is 4.11. The molecule has 0 spiro atoms. The van der Waals surface area contributed by atoms with E-state index in [9.17, 15) is 9.18 Å². The van der Waals surface area contributed by atoms with Gasteiger partial charge in [0.1, 0.15) is 5.82 Å². The molecule has 0 heterocycles. The number of benzene rings is 2. The fourth-order valence-electron chi connectivity index (χ4n) is 1.87. The average molecular weight is 304 g/mol.